The van der Waals surface area contributed by atoms with Crippen molar-refractivity contribution in [1.29, 1.82) is 0 Å². The first-order valence-electron chi connectivity index (χ1n) is 8.91. The van der Waals surface area contributed by atoms with Crippen molar-refractivity contribution in [3.8, 4) is 0 Å². The summed E-state index contributed by atoms with van der Waals surface area (Å²) in [4.78, 5) is 27.9. The third kappa shape index (κ3) is 5.08. The van der Waals surface area contributed by atoms with Crippen LogP contribution in [-0.2, 0) is 4.79 Å². The van der Waals surface area contributed by atoms with Gasteiger partial charge in [0.1, 0.15) is 0 Å². The van der Waals surface area contributed by atoms with E-state index < -0.39 is 0 Å². The predicted molar refractivity (Wildman–Crippen MR) is 119 cm³/mol. The van der Waals surface area contributed by atoms with E-state index in [0.29, 0.717) is 18.7 Å². The van der Waals surface area contributed by atoms with E-state index in [-0.39, 0.29) is 16.9 Å². The van der Waals surface area contributed by atoms with E-state index in [2.05, 4.69) is 31.5 Å². The smallest absolute Gasteiger partial charge is 0.257 e. The van der Waals surface area contributed by atoms with E-state index in [0.717, 1.165) is 28.9 Å². The van der Waals surface area contributed by atoms with Crippen LogP contribution in [0.25, 0.3) is 0 Å². The highest BCUT2D eigenvalue weighted by atomic mass is 79.9. The van der Waals surface area contributed by atoms with Crippen LogP contribution < -0.4 is 15.5 Å². The third-order valence-corrected chi connectivity index (χ3v) is 5.28. The van der Waals surface area contributed by atoms with Crippen LogP contribution in [0.2, 0.25) is 0 Å². The first-order chi connectivity index (χ1) is 13.4. The summed E-state index contributed by atoms with van der Waals surface area (Å²) in [5.74, 6) is -0.166. The zero-order valence-electron chi connectivity index (χ0n) is 15.4. The lowest BCUT2D eigenvalue weighted by Crippen LogP contribution is -2.48. The number of nitrogens with zero attached hydrogens (tertiary/aromatic N) is 2. The maximum Gasteiger partial charge on any atom is 0.257 e. The molecule has 28 heavy (non-hydrogen) atoms. The minimum absolute atomic E-state index is 0.0999. The van der Waals surface area contributed by atoms with Gasteiger partial charge < -0.3 is 15.1 Å². The molecular formula is C20H21BrN4O2S. The van der Waals surface area contributed by atoms with Gasteiger partial charge in [-0.25, -0.2) is 0 Å². The Labute approximate surface area is 178 Å². The van der Waals surface area contributed by atoms with Gasteiger partial charge in [-0.05, 0) is 48.6 Å². The molecule has 0 bridgehead atoms. The van der Waals surface area contributed by atoms with E-state index in [1.807, 2.05) is 29.2 Å². The Morgan fingerprint density at radius 2 is 1.64 bits per heavy atom. The van der Waals surface area contributed by atoms with Crippen molar-refractivity contribution in [3.05, 3.63) is 58.6 Å². The van der Waals surface area contributed by atoms with Crippen molar-refractivity contribution in [3.63, 3.8) is 0 Å². The fourth-order valence-electron chi connectivity index (χ4n) is 3.05. The molecule has 6 nitrogen and oxygen atoms in total. The Kier molecular flexibility index (Phi) is 6.64. The number of anilines is 2. The molecule has 0 unspecified atom stereocenters. The molecule has 3 rings (SSSR count). The highest BCUT2D eigenvalue weighted by molar-refractivity contribution is 9.10. The van der Waals surface area contributed by atoms with Crippen LogP contribution in [0.5, 0.6) is 0 Å². The Bertz CT molecular complexity index is 880. The zero-order valence-corrected chi connectivity index (χ0v) is 17.8. The first-order valence-corrected chi connectivity index (χ1v) is 10.1. The molecule has 0 spiro atoms. The number of nitrogens with one attached hydrogen (secondary N) is 2. The summed E-state index contributed by atoms with van der Waals surface area (Å²) >= 11 is 8.68. The van der Waals surface area contributed by atoms with Crippen LogP contribution in [0, 0.1) is 0 Å². The standard InChI is InChI=1S/C20H21BrN4O2S/c1-14(26)24-10-12-25(13-11-24)18-5-3-2-4-17(18)22-20(28)23-19(27)15-6-8-16(21)9-7-15/h2-9H,10-13H2,1H3,(H2,22,23,27,28). The van der Waals surface area contributed by atoms with Gasteiger partial charge in [0.15, 0.2) is 5.11 Å². The van der Waals surface area contributed by atoms with Gasteiger partial charge in [0.25, 0.3) is 5.91 Å². The highest BCUT2D eigenvalue weighted by Gasteiger charge is 2.20. The molecular weight excluding hydrogens is 440 g/mol. The second-order valence-corrected chi connectivity index (χ2v) is 7.75. The minimum atomic E-state index is -0.266. The second kappa shape index (κ2) is 9.16. The van der Waals surface area contributed by atoms with Crippen molar-refractivity contribution in [2.45, 2.75) is 6.92 Å². The number of amides is 2. The molecule has 1 heterocycles. The molecule has 1 aliphatic rings. The fourth-order valence-corrected chi connectivity index (χ4v) is 3.51. The van der Waals surface area contributed by atoms with E-state index >= 15 is 0 Å². The summed E-state index contributed by atoms with van der Waals surface area (Å²) in [6, 6.07) is 14.9. The molecule has 2 amide bonds. The average Bonchev–Trinajstić information content (AvgIpc) is 2.69. The lowest BCUT2D eigenvalue weighted by atomic mass is 10.2. The van der Waals surface area contributed by atoms with Crippen LogP contribution in [0.1, 0.15) is 17.3 Å². The number of para-hydroxylation sites is 2. The third-order valence-electron chi connectivity index (χ3n) is 4.55. The van der Waals surface area contributed by atoms with Crippen LogP contribution in [0.3, 0.4) is 0 Å². The maximum atomic E-state index is 12.3. The van der Waals surface area contributed by atoms with Gasteiger partial charge in [0.2, 0.25) is 5.91 Å². The van der Waals surface area contributed by atoms with Crippen LogP contribution in [0.4, 0.5) is 11.4 Å². The number of rotatable bonds is 3. The molecule has 1 aliphatic heterocycles. The van der Waals surface area contributed by atoms with Gasteiger partial charge in [-0.15, -0.1) is 0 Å². The van der Waals surface area contributed by atoms with Crippen LogP contribution >= 0.6 is 28.1 Å². The van der Waals surface area contributed by atoms with E-state index in [9.17, 15) is 9.59 Å². The number of thiocarbonyl (C=S) groups is 1. The Morgan fingerprint density at radius 1 is 1.00 bits per heavy atom. The minimum Gasteiger partial charge on any atom is -0.366 e. The summed E-state index contributed by atoms with van der Waals surface area (Å²) in [5, 5.41) is 6.07. The molecule has 2 N–H and O–H groups in total. The monoisotopic (exact) mass is 460 g/mol. The number of piperazine rings is 1. The summed E-state index contributed by atoms with van der Waals surface area (Å²) in [6.45, 7) is 4.47. The molecule has 2 aromatic rings. The summed E-state index contributed by atoms with van der Waals surface area (Å²) in [5.41, 5.74) is 2.34. The van der Waals surface area contributed by atoms with E-state index in [1.54, 1.807) is 31.2 Å². The first kappa shape index (κ1) is 20.3. The molecule has 0 aromatic heterocycles. The van der Waals surface area contributed by atoms with Crippen molar-refractivity contribution < 1.29 is 9.59 Å². The number of carbonyl (C=O) groups excluding carboxylic acids is 2. The molecule has 0 saturated carbocycles. The van der Waals surface area contributed by atoms with Gasteiger partial charge in [0, 0.05) is 43.1 Å². The Balaban J connectivity index is 1.64. The molecule has 0 aliphatic carbocycles. The topological polar surface area (TPSA) is 64.7 Å². The van der Waals surface area contributed by atoms with Gasteiger partial charge >= 0.3 is 0 Å². The van der Waals surface area contributed by atoms with Crippen LogP contribution in [-0.4, -0.2) is 48.0 Å². The van der Waals surface area contributed by atoms with Crippen molar-refractivity contribution in [2.24, 2.45) is 0 Å². The lowest BCUT2D eigenvalue weighted by Gasteiger charge is -2.36. The van der Waals surface area contributed by atoms with Crippen molar-refractivity contribution >= 4 is 56.4 Å². The SMILES string of the molecule is CC(=O)N1CCN(c2ccccc2NC(=S)NC(=O)c2ccc(Br)cc2)CC1. The fraction of sp³-hybridized carbons (Fsp3) is 0.250. The van der Waals surface area contributed by atoms with E-state index in [4.69, 9.17) is 12.2 Å². The Morgan fingerprint density at radius 3 is 2.29 bits per heavy atom. The number of hydrogen-bond acceptors (Lipinski definition) is 4. The maximum absolute atomic E-state index is 12.3. The normalized spacial score (nSPS) is 13.8. The molecule has 2 aromatic carbocycles. The molecule has 8 heteroatoms. The zero-order chi connectivity index (χ0) is 20.1. The summed E-state index contributed by atoms with van der Waals surface area (Å²) < 4.78 is 0.906. The Hall–Kier alpha value is -2.45. The molecule has 0 atom stereocenters. The van der Waals surface area contributed by atoms with Gasteiger partial charge in [-0.3, -0.25) is 14.9 Å². The molecule has 0 radical (unpaired) electrons. The van der Waals surface area contributed by atoms with E-state index in [1.165, 1.54) is 0 Å². The summed E-state index contributed by atoms with van der Waals surface area (Å²) in [7, 11) is 0. The average molecular weight is 461 g/mol. The predicted octanol–water partition coefficient (Wildman–Crippen LogP) is 3.24. The number of carbonyl (C=O) groups is 2. The molecule has 1 saturated heterocycles. The number of benzene rings is 2. The van der Waals surface area contributed by atoms with Gasteiger partial charge in [-0.1, -0.05) is 28.1 Å². The number of halogens is 1. The van der Waals surface area contributed by atoms with Gasteiger partial charge in [-0.2, -0.15) is 0 Å². The highest BCUT2D eigenvalue weighted by Crippen LogP contribution is 2.26. The largest absolute Gasteiger partial charge is 0.366 e. The van der Waals surface area contributed by atoms with Crippen LogP contribution in [0.15, 0.2) is 53.0 Å². The quantitative estimate of drug-likeness (QED) is 0.688. The van der Waals surface area contributed by atoms with Crippen molar-refractivity contribution in [1.82, 2.24) is 10.2 Å². The lowest BCUT2D eigenvalue weighted by molar-refractivity contribution is -0.129. The number of hydrogen-bond donors (Lipinski definition) is 2. The van der Waals surface area contributed by atoms with Crippen molar-refractivity contribution in [2.75, 3.05) is 36.4 Å². The second-order valence-electron chi connectivity index (χ2n) is 6.43. The molecule has 1 fully saturated rings. The summed E-state index contributed by atoms with van der Waals surface area (Å²) in [6.07, 6.45) is 0. The van der Waals surface area contributed by atoms with Gasteiger partial charge in [0.05, 0.1) is 11.4 Å². The molecule has 146 valence electrons.